The summed E-state index contributed by atoms with van der Waals surface area (Å²) in [6, 6.07) is 17.8. The van der Waals surface area contributed by atoms with Crippen LogP contribution in [0.5, 0.6) is 11.5 Å². The Hall–Kier alpha value is -3.87. The Bertz CT molecular complexity index is 1290. The van der Waals surface area contributed by atoms with Crippen LogP contribution in [-0.4, -0.2) is 26.8 Å². The molecule has 0 bridgehead atoms. The number of phenolic OH excluding ortho intramolecular Hbond substituents is 1. The van der Waals surface area contributed by atoms with Gasteiger partial charge in [0.15, 0.2) is 0 Å². The van der Waals surface area contributed by atoms with Gasteiger partial charge in [-0.2, -0.15) is 0 Å². The molecule has 29 heavy (non-hydrogen) atoms. The van der Waals surface area contributed by atoms with E-state index in [0.717, 1.165) is 5.56 Å². The Labute approximate surface area is 165 Å². The molecule has 2 aromatic carbocycles. The van der Waals surface area contributed by atoms with Crippen molar-refractivity contribution in [3.05, 3.63) is 87.1 Å². The number of pyridine rings is 1. The number of H-pyrrole nitrogens is 1. The van der Waals surface area contributed by atoms with Crippen LogP contribution in [0, 0.1) is 0 Å². The van der Waals surface area contributed by atoms with E-state index in [1.807, 2.05) is 30.3 Å². The normalized spacial score (nSPS) is 10.9. The van der Waals surface area contributed by atoms with E-state index in [9.17, 15) is 14.7 Å². The van der Waals surface area contributed by atoms with E-state index in [1.165, 1.54) is 17.7 Å². The Balaban J connectivity index is 1.84. The van der Waals surface area contributed by atoms with Crippen molar-refractivity contribution in [2.24, 2.45) is 0 Å². The highest BCUT2D eigenvalue weighted by molar-refractivity contribution is 5.79. The molecule has 2 aromatic heterocycles. The average molecular weight is 389 g/mol. The minimum absolute atomic E-state index is 0.0284. The Morgan fingerprint density at radius 1 is 1.07 bits per heavy atom. The molecule has 0 aliphatic heterocycles. The first-order valence-electron chi connectivity index (χ1n) is 9.12. The number of aromatic hydroxyl groups is 1. The number of hydrogen-bond acceptors (Lipinski definition) is 5. The van der Waals surface area contributed by atoms with Crippen LogP contribution in [0.2, 0.25) is 0 Å². The van der Waals surface area contributed by atoms with Crippen molar-refractivity contribution in [2.45, 2.75) is 13.0 Å². The Kier molecular flexibility index (Phi) is 4.87. The molecule has 0 saturated heterocycles. The summed E-state index contributed by atoms with van der Waals surface area (Å²) in [6.07, 6.45) is 0.609. The van der Waals surface area contributed by atoms with Crippen molar-refractivity contribution >= 4 is 11.0 Å². The molecule has 0 saturated carbocycles. The van der Waals surface area contributed by atoms with E-state index in [1.54, 1.807) is 24.3 Å². The van der Waals surface area contributed by atoms with Crippen LogP contribution in [0.4, 0.5) is 0 Å². The van der Waals surface area contributed by atoms with Gasteiger partial charge in [0, 0.05) is 12.1 Å². The molecule has 0 amide bonds. The van der Waals surface area contributed by atoms with Crippen LogP contribution in [0.3, 0.4) is 0 Å². The molecule has 0 fully saturated rings. The molecule has 0 atom stereocenters. The van der Waals surface area contributed by atoms with Gasteiger partial charge in [-0.15, -0.1) is 0 Å². The molecule has 2 heterocycles. The lowest BCUT2D eigenvalue weighted by Gasteiger charge is -2.11. The van der Waals surface area contributed by atoms with Crippen molar-refractivity contribution in [2.75, 3.05) is 7.11 Å². The van der Waals surface area contributed by atoms with E-state index in [-0.39, 0.29) is 11.4 Å². The molecule has 4 rings (SSSR count). The summed E-state index contributed by atoms with van der Waals surface area (Å²) in [6.45, 7) is 0.358. The number of methoxy groups -OCH3 is 1. The second-order valence-corrected chi connectivity index (χ2v) is 6.60. The number of phenols is 1. The first-order valence-corrected chi connectivity index (χ1v) is 9.12. The molecule has 7 nitrogen and oxygen atoms in total. The van der Waals surface area contributed by atoms with Crippen molar-refractivity contribution in [3.63, 3.8) is 0 Å². The van der Waals surface area contributed by atoms with Gasteiger partial charge < -0.3 is 9.84 Å². The number of benzene rings is 2. The SMILES string of the molecule is COc1ccc(O)c(-c2ccc3c(=O)[nH]c(=O)n(CCc4ccccc4)c3n2)c1. The fourth-order valence-corrected chi connectivity index (χ4v) is 3.25. The number of aromatic amines is 1. The molecular formula is C22H19N3O4. The van der Waals surface area contributed by atoms with Gasteiger partial charge in [-0.05, 0) is 42.3 Å². The summed E-state index contributed by atoms with van der Waals surface area (Å²) in [4.78, 5) is 31.6. The number of ether oxygens (including phenoxy) is 1. The highest BCUT2D eigenvalue weighted by Gasteiger charge is 2.13. The largest absolute Gasteiger partial charge is 0.507 e. The van der Waals surface area contributed by atoms with Crippen molar-refractivity contribution in [3.8, 4) is 22.8 Å². The predicted octanol–water partition coefficient (Wildman–Crippen LogP) is 2.71. The number of hydrogen-bond donors (Lipinski definition) is 2. The topological polar surface area (TPSA) is 97.2 Å². The maximum atomic E-state index is 12.5. The molecule has 0 aliphatic rings. The quantitative estimate of drug-likeness (QED) is 0.547. The third-order valence-corrected chi connectivity index (χ3v) is 4.79. The average Bonchev–Trinajstić information content (AvgIpc) is 2.74. The van der Waals surface area contributed by atoms with Crippen molar-refractivity contribution in [1.82, 2.24) is 14.5 Å². The second kappa shape index (κ2) is 7.63. The van der Waals surface area contributed by atoms with Crippen LogP contribution < -0.4 is 16.0 Å². The maximum absolute atomic E-state index is 12.5. The van der Waals surface area contributed by atoms with E-state index >= 15 is 0 Å². The van der Waals surface area contributed by atoms with Crippen LogP contribution >= 0.6 is 0 Å². The van der Waals surface area contributed by atoms with E-state index < -0.39 is 11.2 Å². The van der Waals surface area contributed by atoms with Gasteiger partial charge in [0.25, 0.3) is 5.56 Å². The maximum Gasteiger partial charge on any atom is 0.330 e. The highest BCUT2D eigenvalue weighted by Crippen LogP contribution is 2.31. The van der Waals surface area contributed by atoms with Gasteiger partial charge in [-0.1, -0.05) is 30.3 Å². The number of aryl methyl sites for hydroxylation is 2. The number of rotatable bonds is 5. The minimum atomic E-state index is -0.516. The zero-order valence-corrected chi connectivity index (χ0v) is 15.8. The lowest BCUT2D eigenvalue weighted by Crippen LogP contribution is -2.31. The summed E-state index contributed by atoms with van der Waals surface area (Å²) in [5.74, 6) is 0.591. The Morgan fingerprint density at radius 2 is 1.86 bits per heavy atom. The van der Waals surface area contributed by atoms with E-state index in [0.29, 0.717) is 35.4 Å². The lowest BCUT2D eigenvalue weighted by atomic mass is 10.1. The number of nitrogens with zero attached hydrogens (tertiary/aromatic N) is 2. The standard InChI is InChI=1S/C22H19N3O4/c1-29-15-7-10-19(26)17(13-15)18-9-8-16-20(23-18)25(22(28)24-21(16)27)12-11-14-5-3-2-4-6-14/h2-10,13,26H,11-12H2,1H3,(H,24,27,28). The van der Waals surface area contributed by atoms with Gasteiger partial charge in [0.1, 0.15) is 17.1 Å². The molecule has 2 N–H and O–H groups in total. The van der Waals surface area contributed by atoms with Crippen LogP contribution in [0.15, 0.2) is 70.3 Å². The summed E-state index contributed by atoms with van der Waals surface area (Å²) in [7, 11) is 1.53. The van der Waals surface area contributed by atoms with Gasteiger partial charge in [0.2, 0.25) is 0 Å². The number of nitrogens with one attached hydrogen (secondary N) is 1. The second-order valence-electron chi connectivity index (χ2n) is 6.60. The van der Waals surface area contributed by atoms with Crippen molar-refractivity contribution < 1.29 is 9.84 Å². The van der Waals surface area contributed by atoms with Crippen LogP contribution in [0.25, 0.3) is 22.3 Å². The molecule has 0 radical (unpaired) electrons. The first-order chi connectivity index (χ1) is 14.1. The molecule has 0 spiro atoms. The third-order valence-electron chi connectivity index (χ3n) is 4.79. The van der Waals surface area contributed by atoms with Crippen LogP contribution in [0.1, 0.15) is 5.56 Å². The summed E-state index contributed by atoms with van der Waals surface area (Å²) >= 11 is 0. The van der Waals surface area contributed by atoms with Crippen LogP contribution in [-0.2, 0) is 13.0 Å². The number of fused-ring (bicyclic) bond motifs is 1. The molecular weight excluding hydrogens is 370 g/mol. The summed E-state index contributed by atoms with van der Waals surface area (Å²) < 4.78 is 6.67. The third kappa shape index (κ3) is 3.62. The van der Waals surface area contributed by atoms with E-state index in [2.05, 4.69) is 9.97 Å². The fourth-order valence-electron chi connectivity index (χ4n) is 3.25. The fraction of sp³-hybridized carbons (Fsp3) is 0.136. The highest BCUT2D eigenvalue weighted by atomic mass is 16.5. The molecule has 0 unspecified atom stereocenters. The zero-order chi connectivity index (χ0) is 20.4. The van der Waals surface area contributed by atoms with E-state index in [4.69, 9.17) is 4.74 Å². The number of aromatic nitrogens is 3. The summed E-state index contributed by atoms with van der Waals surface area (Å²) in [5, 5.41) is 10.6. The minimum Gasteiger partial charge on any atom is -0.507 e. The Morgan fingerprint density at radius 3 is 2.62 bits per heavy atom. The van der Waals surface area contributed by atoms with Gasteiger partial charge >= 0.3 is 5.69 Å². The molecule has 146 valence electrons. The van der Waals surface area contributed by atoms with Crippen molar-refractivity contribution in [1.29, 1.82) is 0 Å². The molecule has 7 heteroatoms. The molecule has 0 aliphatic carbocycles. The first kappa shape index (κ1) is 18.5. The van der Waals surface area contributed by atoms with Gasteiger partial charge in [0.05, 0.1) is 18.2 Å². The van der Waals surface area contributed by atoms with Gasteiger partial charge in [-0.3, -0.25) is 14.3 Å². The summed E-state index contributed by atoms with van der Waals surface area (Å²) in [5.41, 5.74) is 1.23. The predicted molar refractivity (Wildman–Crippen MR) is 110 cm³/mol. The lowest BCUT2D eigenvalue weighted by molar-refractivity contribution is 0.412. The molecule has 4 aromatic rings. The zero-order valence-electron chi connectivity index (χ0n) is 15.8. The van der Waals surface area contributed by atoms with Gasteiger partial charge in [-0.25, -0.2) is 9.78 Å². The smallest absolute Gasteiger partial charge is 0.330 e. The monoisotopic (exact) mass is 389 g/mol.